The summed E-state index contributed by atoms with van der Waals surface area (Å²) < 4.78 is 0. The third-order valence-electron chi connectivity index (χ3n) is 3.06. The predicted octanol–water partition coefficient (Wildman–Crippen LogP) is 4.25. The highest BCUT2D eigenvalue weighted by Gasteiger charge is 2.10. The number of hydrogen-bond acceptors (Lipinski definition) is 4. The lowest BCUT2D eigenvalue weighted by Gasteiger charge is -2.08. The van der Waals surface area contributed by atoms with E-state index in [9.17, 15) is 4.79 Å². The van der Waals surface area contributed by atoms with E-state index in [4.69, 9.17) is 33.1 Å². The van der Waals surface area contributed by atoms with Gasteiger partial charge in [-0.25, -0.2) is 0 Å². The number of ketones is 1. The SMILES string of the molecule is CCON=C(CCC(=O)CCCCO)c1ccc(Cl)c(Cl)c1. The molecule has 0 unspecified atom stereocenters. The second-order valence-corrected chi connectivity index (χ2v) is 5.62. The standard InChI is InChI=1S/C16H21Cl2NO3/c1-2-22-19-16(9-7-13(21)5-3-4-10-20)12-6-8-14(17)15(18)11-12/h6,8,11,20H,2-5,7,9-10H2,1H3. The summed E-state index contributed by atoms with van der Waals surface area (Å²) >= 11 is 11.9. The Labute approximate surface area is 141 Å². The number of unbranched alkanes of at least 4 members (excludes halogenated alkanes) is 1. The minimum Gasteiger partial charge on any atom is -0.396 e. The van der Waals surface area contributed by atoms with E-state index in [2.05, 4.69) is 5.16 Å². The molecule has 0 atom stereocenters. The molecule has 0 aromatic heterocycles. The molecule has 122 valence electrons. The van der Waals surface area contributed by atoms with Crippen LogP contribution in [0, 0.1) is 0 Å². The summed E-state index contributed by atoms with van der Waals surface area (Å²) in [5.74, 6) is 0.151. The van der Waals surface area contributed by atoms with E-state index >= 15 is 0 Å². The summed E-state index contributed by atoms with van der Waals surface area (Å²) in [5, 5.41) is 13.7. The van der Waals surface area contributed by atoms with Crippen molar-refractivity contribution in [1.29, 1.82) is 0 Å². The molecule has 0 saturated heterocycles. The average Bonchev–Trinajstić information content (AvgIpc) is 2.50. The zero-order valence-corrected chi connectivity index (χ0v) is 14.2. The number of Topliss-reactive ketones (excluding diaryl/α,β-unsaturated/α-hetero) is 1. The molecule has 1 rings (SSSR count). The van der Waals surface area contributed by atoms with Gasteiger partial charge in [0.1, 0.15) is 12.4 Å². The summed E-state index contributed by atoms with van der Waals surface area (Å²) in [7, 11) is 0. The van der Waals surface area contributed by atoms with Crippen LogP contribution in [0.5, 0.6) is 0 Å². The van der Waals surface area contributed by atoms with Gasteiger partial charge < -0.3 is 9.94 Å². The van der Waals surface area contributed by atoms with Crippen LogP contribution in [0.3, 0.4) is 0 Å². The number of aliphatic hydroxyl groups is 1. The lowest BCUT2D eigenvalue weighted by atomic mass is 10.0. The number of nitrogens with zero attached hydrogens (tertiary/aromatic N) is 1. The molecule has 4 nitrogen and oxygen atoms in total. The first-order valence-corrected chi connectivity index (χ1v) is 8.10. The molecule has 0 heterocycles. The van der Waals surface area contributed by atoms with Crippen molar-refractivity contribution in [3.63, 3.8) is 0 Å². The van der Waals surface area contributed by atoms with Crippen LogP contribution in [0.25, 0.3) is 0 Å². The molecule has 0 bridgehead atoms. The predicted molar refractivity (Wildman–Crippen MR) is 89.8 cm³/mol. The molecule has 0 radical (unpaired) electrons. The van der Waals surface area contributed by atoms with Crippen LogP contribution in [0.15, 0.2) is 23.4 Å². The molecule has 0 fully saturated rings. The second kappa shape index (κ2) is 10.6. The van der Waals surface area contributed by atoms with E-state index in [1.807, 2.05) is 13.0 Å². The molecule has 1 aromatic carbocycles. The number of aliphatic hydroxyl groups excluding tert-OH is 1. The summed E-state index contributed by atoms with van der Waals surface area (Å²) in [6.45, 7) is 2.42. The van der Waals surface area contributed by atoms with Crippen molar-refractivity contribution in [2.24, 2.45) is 5.16 Å². The van der Waals surface area contributed by atoms with Crippen LogP contribution in [0.4, 0.5) is 0 Å². The minimum atomic E-state index is 0.119. The number of rotatable bonds is 10. The van der Waals surface area contributed by atoms with Gasteiger partial charge in [-0.2, -0.15) is 0 Å². The van der Waals surface area contributed by atoms with Crippen LogP contribution in [0.2, 0.25) is 10.0 Å². The van der Waals surface area contributed by atoms with Crippen LogP contribution in [-0.4, -0.2) is 29.8 Å². The Morgan fingerprint density at radius 3 is 2.59 bits per heavy atom. The van der Waals surface area contributed by atoms with Crippen LogP contribution < -0.4 is 0 Å². The van der Waals surface area contributed by atoms with Gasteiger partial charge in [0.15, 0.2) is 0 Å². The topological polar surface area (TPSA) is 58.9 Å². The fourth-order valence-electron chi connectivity index (χ4n) is 1.88. The Kier molecular flexibility index (Phi) is 9.13. The maximum atomic E-state index is 11.8. The molecule has 1 N–H and O–H groups in total. The van der Waals surface area contributed by atoms with E-state index in [1.54, 1.807) is 12.1 Å². The Morgan fingerprint density at radius 1 is 1.18 bits per heavy atom. The van der Waals surface area contributed by atoms with Gasteiger partial charge in [0.2, 0.25) is 0 Å². The number of halogens is 2. The van der Waals surface area contributed by atoms with E-state index in [-0.39, 0.29) is 12.4 Å². The first kappa shape index (κ1) is 18.9. The summed E-state index contributed by atoms with van der Waals surface area (Å²) in [6.07, 6.45) is 2.70. The third kappa shape index (κ3) is 6.77. The Hall–Kier alpha value is -1.10. The number of hydrogen-bond donors (Lipinski definition) is 1. The normalized spacial score (nSPS) is 11.5. The molecule has 0 aliphatic heterocycles. The molecule has 1 aromatic rings. The smallest absolute Gasteiger partial charge is 0.133 e. The van der Waals surface area contributed by atoms with Gasteiger partial charge in [-0.05, 0) is 31.9 Å². The maximum absolute atomic E-state index is 11.8. The van der Waals surface area contributed by atoms with Crippen molar-refractivity contribution in [3.8, 4) is 0 Å². The first-order valence-electron chi connectivity index (χ1n) is 7.35. The van der Waals surface area contributed by atoms with Crippen molar-refractivity contribution in [3.05, 3.63) is 33.8 Å². The van der Waals surface area contributed by atoms with E-state index in [0.717, 1.165) is 5.56 Å². The van der Waals surface area contributed by atoms with Crippen molar-refractivity contribution in [1.82, 2.24) is 0 Å². The van der Waals surface area contributed by atoms with Gasteiger partial charge in [-0.1, -0.05) is 34.4 Å². The monoisotopic (exact) mass is 345 g/mol. The van der Waals surface area contributed by atoms with E-state index < -0.39 is 0 Å². The molecule has 0 amide bonds. The maximum Gasteiger partial charge on any atom is 0.133 e. The molecule has 22 heavy (non-hydrogen) atoms. The van der Waals surface area contributed by atoms with Gasteiger partial charge in [0, 0.05) is 31.4 Å². The second-order valence-electron chi connectivity index (χ2n) is 4.80. The average molecular weight is 346 g/mol. The quantitative estimate of drug-likeness (QED) is 0.391. The fraction of sp³-hybridized carbons (Fsp3) is 0.500. The molecule has 0 aliphatic carbocycles. The summed E-state index contributed by atoms with van der Waals surface area (Å²) in [5.41, 5.74) is 1.47. The van der Waals surface area contributed by atoms with Crippen molar-refractivity contribution in [2.75, 3.05) is 13.2 Å². The van der Waals surface area contributed by atoms with Crippen LogP contribution in [0.1, 0.15) is 44.6 Å². The Balaban J connectivity index is 2.69. The number of carbonyl (C=O) groups excluding carboxylic acids is 1. The summed E-state index contributed by atoms with van der Waals surface area (Å²) in [4.78, 5) is 16.9. The molecular weight excluding hydrogens is 325 g/mol. The van der Waals surface area contributed by atoms with Gasteiger partial charge in [0.25, 0.3) is 0 Å². The van der Waals surface area contributed by atoms with Gasteiger partial charge in [-0.3, -0.25) is 4.79 Å². The first-order chi connectivity index (χ1) is 10.6. The van der Waals surface area contributed by atoms with Crippen molar-refractivity contribution in [2.45, 2.75) is 39.0 Å². The third-order valence-corrected chi connectivity index (χ3v) is 3.80. The highest BCUT2D eigenvalue weighted by Crippen LogP contribution is 2.24. The Morgan fingerprint density at radius 2 is 1.95 bits per heavy atom. The highest BCUT2D eigenvalue weighted by molar-refractivity contribution is 6.42. The zero-order valence-electron chi connectivity index (χ0n) is 12.6. The summed E-state index contributed by atoms with van der Waals surface area (Å²) in [6, 6.07) is 5.23. The lowest BCUT2D eigenvalue weighted by Crippen LogP contribution is -2.07. The fourth-order valence-corrected chi connectivity index (χ4v) is 2.18. The molecule has 0 aliphatic rings. The van der Waals surface area contributed by atoms with Gasteiger partial charge >= 0.3 is 0 Å². The largest absolute Gasteiger partial charge is 0.396 e. The van der Waals surface area contributed by atoms with E-state index in [1.165, 1.54) is 0 Å². The molecule has 0 spiro atoms. The molecule has 6 heteroatoms. The minimum absolute atomic E-state index is 0.119. The number of benzene rings is 1. The van der Waals surface area contributed by atoms with Crippen LogP contribution in [-0.2, 0) is 9.63 Å². The van der Waals surface area contributed by atoms with Gasteiger partial charge in [-0.15, -0.1) is 0 Å². The van der Waals surface area contributed by atoms with E-state index in [0.29, 0.717) is 54.5 Å². The number of oxime groups is 1. The van der Waals surface area contributed by atoms with Crippen molar-refractivity contribution < 1.29 is 14.7 Å². The number of carbonyl (C=O) groups is 1. The highest BCUT2D eigenvalue weighted by atomic mass is 35.5. The van der Waals surface area contributed by atoms with Gasteiger partial charge in [0.05, 0.1) is 15.8 Å². The van der Waals surface area contributed by atoms with Crippen LogP contribution >= 0.6 is 23.2 Å². The molecule has 0 saturated carbocycles. The van der Waals surface area contributed by atoms with Crippen molar-refractivity contribution >= 4 is 34.7 Å². The zero-order chi connectivity index (χ0) is 16.4. The Bertz CT molecular complexity index is 518. The lowest BCUT2D eigenvalue weighted by molar-refractivity contribution is -0.119. The molecular formula is C16H21Cl2NO3.